The van der Waals surface area contributed by atoms with E-state index in [1.165, 1.54) is 6.33 Å². The molecule has 0 unspecified atom stereocenters. The minimum absolute atomic E-state index is 0.162. The molecule has 1 fully saturated rings. The molecule has 7 heteroatoms. The van der Waals surface area contributed by atoms with Crippen LogP contribution < -0.4 is 4.90 Å². The van der Waals surface area contributed by atoms with Crippen molar-refractivity contribution in [2.45, 2.75) is 71.5 Å². The molecule has 0 saturated heterocycles. The first kappa shape index (κ1) is 18.2. The van der Waals surface area contributed by atoms with Crippen molar-refractivity contribution < 1.29 is 19.1 Å². The number of carbonyl (C=O) groups excluding carboxylic acids is 2. The molecule has 1 aromatic heterocycles. The summed E-state index contributed by atoms with van der Waals surface area (Å²) in [6.07, 6.45) is 1.81. The summed E-state index contributed by atoms with van der Waals surface area (Å²) in [7, 11) is 0. The predicted molar refractivity (Wildman–Crippen MR) is 89.0 cm³/mol. The zero-order chi connectivity index (χ0) is 18.1. The first-order valence-corrected chi connectivity index (χ1v) is 8.04. The number of rotatable bonds is 2. The van der Waals surface area contributed by atoms with E-state index in [0.717, 1.165) is 23.4 Å². The van der Waals surface area contributed by atoms with E-state index in [9.17, 15) is 9.59 Å². The fraction of sp³-hybridized carbons (Fsp3) is 0.647. The van der Waals surface area contributed by atoms with E-state index >= 15 is 0 Å². The van der Waals surface area contributed by atoms with Gasteiger partial charge < -0.3 is 9.47 Å². The number of nitrogens with zero attached hydrogens (tertiary/aromatic N) is 3. The third-order valence-corrected chi connectivity index (χ3v) is 3.05. The quantitative estimate of drug-likeness (QED) is 0.811. The highest BCUT2D eigenvalue weighted by Gasteiger charge is 2.34. The van der Waals surface area contributed by atoms with Crippen molar-refractivity contribution >= 4 is 18.0 Å². The molecule has 7 nitrogen and oxygen atoms in total. The molecule has 0 radical (unpaired) electrons. The first-order chi connectivity index (χ1) is 11.0. The minimum atomic E-state index is -0.822. The van der Waals surface area contributed by atoms with E-state index in [0.29, 0.717) is 5.92 Å². The van der Waals surface area contributed by atoms with Crippen LogP contribution in [0, 0.1) is 0 Å². The van der Waals surface area contributed by atoms with Gasteiger partial charge in [-0.2, -0.15) is 4.90 Å². The summed E-state index contributed by atoms with van der Waals surface area (Å²) in [6, 6.07) is 1.64. The molecule has 1 saturated carbocycles. The van der Waals surface area contributed by atoms with Crippen molar-refractivity contribution in [1.29, 1.82) is 0 Å². The van der Waals surface area contributed by atoms with Gasteiger partial charge in [-0.05, 0) is 54.4 Å². The Kier molecular flexibility index (Phi) is 4.82. The molecule has 0 atom stereocenters. The Morgan fingerprint density at radius 3 is 1.92 bits per heavy atom. The van der Waals surface area contributed by atoms with Gasteiger partial charge in [-0.1, -0.05) is 0 Å². The number of imide groups is 1. The summed E-state index contributed by atoms with van der Waals surface area (Å²) >= 11 is 0. The summed E-state index contributed by atoms with van der Waals surface area (Å²) < 4.78 is 10.7. The van der Waals surface area contributed by atoms with Crippen molar-refractivity contribution in [2.75, 3.05) is 4.90 Å². The second kappa shape index (κ2) is 6.37. The van der Waals surface area contributed by atoms with Crippen LogP contribution in [-0.4, -0.2) is 33.4 Å². The maximum atomic E-state index is 12.5. The smallest absolute Gasteiger partial charge is 0.425 e. The summed E-state index contributed by atoms with van der Waals surface area (Å²) in [5.41, 5.74) is -0.676. The van der Waals surface area contributed by atoms with Crippen LogP contribution in [0.25, 0.3) is 0 Å². The Bertz CT molecular complexity index is 599. The van der Waals surface area contributed by atoms with Crippen molar-refractivity contribution in [3.8, 4) is 0 Å². The topological polar surface area (TPSA) is 81.6 Å². The van der Waals surface area contributed by atoms with Gasteiger partial charge in [-0.3, -0.25) is 0 Å². The summed E-state index contributed by atoms with van der Waals surface area (Å²) in [5, 5.41) is 0. The normalized spacial score (nSPS) is 14.9. The van der Waals surface area contributed by atoms with E-state index in [-0.39, 0.29) is 5.82 Å². The van der Waals surface area contributed by atoms with Crippen LogP contribution in [0.3, 0.4) is 0 Å². The van der Waals surface area contributed by atoms with Crippen molar-refractivity contribution in [1.82, 2.24) is 9.97 Å². The van der Waals surface area contributed by atoms with Gasteiger partial charge in [0, 0.05) is 17.7 Å². The van der Waals surface area contributed by atoms with Crippen LogP contribution in [0.1, 0.15) is 66.0 Å². The number of hydrogen-bond donors (Lipinski definition) is 0. The lowest BCUT2D eigenvalue weighted by molar-refractivity contribution is 0.0429. The molecule has 2 amide bonds. The second-order valence-corrected chi connectivity index (χ2v) is 7.87. The highest BCUT2D eigenvalue weighted by Crippen LogP contribution is 2.39. The number of amides is 2. The fourth-order valence-corrected chi connectivity index (χ4v) is 1.96. The highest BCUT2D eigenvalue weighted by molar-refractivity contribution is 6.08. The van der Waals surface area contributed by atoms with Crippen LogP contribution in [0.4, 0.5) is 15.4 Å². The molecule has 24 heavy (non-hydrogen) atoms. The lowest BCUT2D eigenvalue weighted by Gasteiger charge is -2.28. The maximum absolute atomic E-state index is 12.5. The maximum Gasteiger partial charge on any atom is 0.425 e. The van der Waals surface area contributed by atoms with Gasteiger partial charge in [0.05, 0.1) is 0 Å². The Balaban J connectivity index is 2.32. The molecule has 1 heterocycles. The Hall–Kier alpha value is -2.18. The molecule has 0 bridgehead atoms. The summed E-state index contributed by atoms with van der Waals surface area (Å²) in [6.45, 7) is 10.4. The van der Waals surface area contributed by atoms with Gasteiger partial charge in [0.2, 0.25) is 0 Å². The predicted octanol–water partition coefficient (Wildman–Crippen LogP) is 4.03. The molecule has 0 N–H and O–H groups in total. The van der Waals surface area contributed by atoms with Crippen LogP contribution in [0.15, 0.2) is 12.4 Å². The summed E-state index contributed by atoms with van der Waals surface area (Å²) in [4.78, 5) is 34.2. The standard InChI is InChI=1S/C17H25N3O4/c1-16(2,3)23-14(21)20(15(22)24-17(4,5)6)13-9-12(11-7-8-11)18-10-19-13/h9-11H,7-8H2,1-6H3. The fourth-order valence-electron chi connectivity index (χ4n) is 1.96. The highest BCUT2D eigenvalue weighted by atomic mass is 16.6. The Morgan fingerprint density at radius 1 is 1.00 bits per heavy atom. The van der Waals surface area contributed by atoms with E-state index < -0.39 is 23.4 Å². The molecular formula is C17H25N3O4. The largest absolute Gasteiger partial charge is 0.443 e. The van der Waals surface area contributed by atoms with Gasteiger partial charge in [-0.25, -0.2) is 19.6 Å². The minimum Gasteiger partial charge on any atom is -0.443 e. The van der Waals surface area contributed by atoms with Gasteiger partial charge >= 0.3 is 12.2 Å². The lowest BCUT2D eigenvalue weighted by atomic mass is 10.2. The van der Waals surface area contributed by atoms with Gasteiger partial charge in [-0.15, -0.1) is 0 Å². The molecule has 132 valence electrons. The van der Waals surface area contributed by atoms with E-state index in [1.807, 2.05) is 0 Å². The molecular weight excluding hydrogens is 310 g/mol. The third kappa shape index (κ3) is 5.18. The molecule has 2 rings (SSSR count). The molecule has 0 spiro atoms. The second-order valence-electron chi connectivity index (χ2n) is 7.87. The Labute approximate surface area is 142 Å². The van der Waals surface area contributed by atoms with Gasteiger partial charge in [0.15, 0.2) is 5.82 Å². The van der Waals surface area contributed by atoms with E-state index in [1.54, 1.807) is 47.6 Å². The number of hydrogen-bond acceptors (Lipinski definition) is 6. The van der Waals surface area contributed by atoms with Crippen LogP contribution >= 0.6 is 0 Å². The zero-order valence-corrected chi connectivity index (χ0v) is 15.1. The van der Waals surface area contributed by atoms with Crippen molar-refractivity contribution in [2.24, 2.45) is 0 Å². The SMILES string of the molecule is CC(C)(C)OC(=O)N(C(=O)OC(C)(C)C)c1cc(C2CC2)ncn1. The number of aromatic nitrogens is 2. The summed E-state index contributed by atoms with van der Waals surface area (Å²) in [5.74, 6) is 0.529. The first-order valence-electron chi connectivity index (χ1n) is 8.04. The average molecular weight is 335 g/mol. The molecule has 0 aromatic carbocycles. The molecule has 1 aliphatic rings. The molecule has 1 aliphatic carbocycles. The van der Waals surface area contributed by atoms with E-state index in [4.69, 9.17) is 9.47 Å². The lowest BCUT2D eigenvalue weighted by Crippen LogP contribution is -2.44. The van der Waals surface area contributed by atoms with Crippen LogP contribution in [0.5, 0.6) is 0 Å². The van der Waals surface area contributed by atoms with Crippen molar-refractivity contribution in [3.05, 3.63) is 18.1 Å². The van der Waals surface area contributed by atoms with Crippen molar-refractivity contribution in [3.63, 3.8) is 0 Å². The van der Waals surface area contributed by atoms with Crippen LogP contribution in [0.2, 0.25) is 0 Å². The van der Waals surface area contributed by atoms with E-state index in [2.05, 4.69) is 9.97 Å². The molecule has 0 aliphatic heterocycles. The zero-order valence-electron chi connectivity index (χ0n) is 15.1. The number of anilines is 1. The molecule has 1 aromatic rings. The number of ether oxygens (including phenoxy) is 2. The average Bonchev–Trinajstić information content (AvgIpc) is 3.18. The number of carbonyl (C=O) groups is 2. The Morgan fingerprint density at radius 2 is 1.50 bits per heavy atom. The van der Waals surface area contributed by atoms with Crippen LogP contribution in [-0.2, 0) is 9.47 Å². The third-order valence-electron chi connectivity index (χ3n) is 3.05. The monoisotopic (exact) mass is 335 g/mol. The van der Waals surface area contributed by atoms with Gasteiger partial charge in [0.1, 0.15) is 17.5 Å². The van der Waals surface area contributed by atoms with Gasteiger partial charge in [0.25, 0.3) is 0 Å².